The molecule has 0 radical (unpaired) electrons. The maximum absolute atomic E-state index is 14.7. The van der Waals surface area contributed by atoms with Crippen LogP contribution in [0.4, 0.5) is 8.78 Å². The smallest absolute Gasteiger partial charge is 0.155 e. The van der Waals surface area contributed by atoms with Crippen molar-refractivity contribution in [3.63, 3.8) is 0 Å². The summed E-state index contributed by atoms with van der Waals surface area (Å²) >= 11 is 5.63. The fourth-order valence-electron chi connectivity index (χ4n) is 1.63. The van der Waals surface area contributed by atoms with Gasteiger partial charge in [-0.05, 0) is 12.1 Å². The Kier molecular flexibility index (Phi) is 3.60. The maximum Gasteiger partial charge on any atom is 0.155 e. The van der Waals surface area contributed by atoms with Crippen molar-refractivity contribution in [2.24, 2.45) is 11.1 Å². The molecule has 90 valence electrons. The summed E-state index contributed by atoms with van der Waals surface area (Å²) in [7, 11) is 0. The van der Waals surface area contributed by atoms with Gasteiger partial charge in [-0.15, -0.1) is 0 Å². The summed E-state index contributed by atoms with van der Waals surface area (Å²) in [5.41, 5.74) is 2.74. The summed E-state index contributed by atoms with van der Waals surface area (Å²) < 4.78 is 28.4. The number of hydrogen-bond donors (Lipinski definition) is 1. The predicted octanol–water partition coefficient (Wildman–Crippen LogP) is 3.65. The van der Waals surface area contributed by atoms with E-state index in [2.05, 4.69) is 0 Å². The van der Waals surface area contributed by atoms with Crippen LogP contribution in [0.3, 0.4) is 0 Å². The highest BCUT2D eigenvalue weighted by molar-refractivity contribution is 6.30. The summed E-state index contributed by atoms with van der Waals surface area (Å²) in [6.45, 7) is 4.80. The van der Waals surface area contributed by atoms with E-state index in [4.69, 9.17) is 17.3 Å². The van der Waals surface area contributed by atoms with E-state index in [1.54, 1.807) is 20.8 Å². The summed E-state index contributed by atoms with van der Waals surface area (Å²) in [5.74, 6) is -0.657. The quantitative estimate of drug-likeness (QED) is 0.848. The normalized spacial score (nSPS) is 15.9. The van der Waals surface area contributed by atoms with Gasteiger partial charge in [-0.3, -0.25) is 0 Å². The number of nitrogens with two attached hydrogens (primary N) is 1. The van der Waals surface area contributed by atoms with Crippen LogP contribution in [-0.2, 0) is 5.67 Å². The van der Waals surface area contributed by atoms with E-state index in [-0.39, 0.29) is 17.1 Å². The predicted molar refractivity (Wildman–Crippen MR) is 62.7 cm³/mol. The highest BCUT2D eigenvalue weighted by atomic mass is 35.5. The molecule has 0 aromatic heterocycles. The lowest BCUT2D eigenvalue weighted by Crippen LogP contribution is -2.43. The molecule has 0 amide bonds. The van der Waals surface area contributed by atoms with Crippen molar-refractivity contribution in [3.8, 4) is 0 Å². The van der Waals surface area contributed by atoms with E-state index < -0.39 is 16.9 Å². The van der Waals surface area contributed by atoms with Crippen molar-refractivity contribution in [1.29, 1.82) is 0 Å². The fraction of sp³-hybridized carbons (Fsp3) is 0.500. The van der Waals surface area contributed by atoms with Crippen LogP contribution in [0.25, 0.3) is 0 Å². The van der Waals surface area contributed by atoms with Gasteiger partial charge in [-0.1, -0.05) is 38.4 Å². The standard InChI is InChI=1S/C12H16ClF2N/c1-11(2,3)12(15,7-16)9-5-4-8(13)6-10(9)14/h4-6H,7,16H2,1-3H3. The number of hydrogen-bond acceptors (Lipinski definition) is 1. The van der Waals surface area contributed by atoms with Gasteiger partial charge in [0.2, 0.25) is 0 Å². The van der Waals surface area contributed by atoms with Gasteiger partial charge in [0.1, 0.15) is 5.82 Å². The van der Waals surface area contributed by atoms with Gasteiger partial charge in [-0.2, -0.15) is 0 Å². The van der Waals surface area contributed by atoms with Crippen molar-refractivity contribution in [2.45, 2.75) is 26.4 Å². The minimum atomic E-state index is -1.90. The first-order valence-electron chi connectivity index (χ1n) is 5.07. The minimum Gasteiger partial charge on any atom is -0.327 e. The van der Waals surface area contributed by atoms with Crippen LogP contribution in [-0.4, -0.2) is 6.54 Å². The van der Waals surface area contributed by atoms with Gasteiger partial charge in [0.05, 0.1) is 0 Å². The molecule has 1 aromatic carbocycles. The van der Waals surface area contributed by atoms with E-state index in [9.17, 15) is 8.78 Å². The molecule has 1 aromatic rings. The molecule has 1 nitrogen and oxygen atoms in total. The molecule has 0 spiro atoms. The van der Waals surface area contributed by atoms with Crippen molar-refractivity contribution < 1.29 is 8.78 Å². The number of alkyl halides is 1. The Balaban J connectivity index is 3.34. The lowest BCUT2D eigenvalue weighted by molar-refractivity contribution is 0.0307. The van der Waals surface area contributed by atoms with Gasteiger partial charge in [-0.25, -0.2) is 8.78 Å². The van der Waals surface area contributed by atoms with Crippen LogP contribution in [0.15, 0.2) is 18.2 Å². The zero-order valence-electron chi connectivity index (χ0n) is 9.65. The molecule has 0 fully saturated rings. The van der Waals surface area contributed by atoms with Crippen LogP contribution in [0.5, 0.6) is 0 Å². The summed E-state index contributed by atoms with van der Waals surface area (Å²) in [5, 5.41) is 0.245. The molecule has 0 aliphatic heterocycles. The molecule has 1 atom stereocenters. The lowest BCUT2D eigenvalue weighted by Gasteiger charge is -2.37. The Hall–Kier alpha value is -0.670. The Bertz CT molecular complexity index is 387. The molecule has 16 heavy (non-hydrogen) atoms. The molecule has 4 heteroatoms. The molecule has 0 saturated heterocycles. The molecule has 0 saturated carbocycles. The zero-order chi connectivity index (χ0) is 12.6. The van der Waals surface area contributed by atoms with Crippen molar-refractivity contribution in [3.05, 3.63) is 34.6 Å². The molecule has 0 bridgehead atoms. The Labute approximate surface area is 99.6 Å². The molecular formula is C12H16ClF2N. The topological polar surface area (TPSA) is 26.0 Å². The van der Waals surface area contributed by atoms with Gasteiger partial charge < -0.3 is 5.73 Å². The average Bonchev–Trinajstić information content (AvgIpc) is 2.15. The molecular weight excluding hydrogens is 232 g/mol. The first kappa shape index (κ1) is 13.4. The largest absolute Gasteiger partial charge is 0.327 e. The maximum atomic E-state index is 14.7. The van der Waals surface area contributed by atoms with Gasteiger partial charge in [0, 0.05) is 22.5 Å². The SMILES string of the molecule is CC(C)(C)C(F)(CN)c1ccc(Cl)cc1F. The highest BCUT2D eigenvalue weighted by Crippen LogP contribution is 2.43. The minimum absolute atomic E-state index is 0.0353. The van der Waals surface area contributed by atoms with Crippen molar-refractivity contribution >= 4 is 11.6 Å². The van der Waals surface area contributed by atoms with Crippen LogP contribution < -0.4 is 5.73 Å². The number of benzene rings is 1. The van der Waals surface area contributed by atoms with E-state index >= 15 is 0 Å². The Morgan fingerprint density at radius 2 is 1.88 bits per heavy atom. The molecule has 2 N–H and O–H groups in total. The van der Waals surface area contributed by atoms with Crippen molar-refractivity contribution in [2.75, 3.05) is 6.54 Å². The van der Waals surface area contributed by atoms with Crippen LogP contribution >= 0.6 is 11.6 Å². The molecule has 0 aliphatic carbocycles. The summed E-state index contributed by atoms with van der Waals surface area (Å²) in [6, 6.07) is 3.93. The number of halogens is 3. The first-order chi connectivity index (χ1) is 7.22. The third-order valence-electron chi connectivity index (χ3n) is 2.83. The van der Waals surface area contributed by atoms with E-state index in [0.29, 0.717) is 0 Å². The molecule has 0 aliphatic rings. The van der Waals surface area contributed by atoms with E-state index in [1.165, 1.54) is 12.1 Å². The van der Waals surface area contributed by atoms with Gasteiger partial charge >= 0.3 is 0 Å². The third kappa shape index (κ3) is 2.20. The van der Waals surface area contributed by atoms with Crippen LogP contribution in [0, 0.1) is 11.2 Å². The summed E-state index contributed by atoms with van der Waals surface area (Å²) in [4.78, 5) is 0. The molecule has 0 heterocycles. The van der Waals surface area contributed by atoms with Gasteiger partial charge in [0.15, 0.2) is 5.67 Å². The van der Waals surface area contributed by atoms with Crippen LogP contribution in [0.2, 0.25) is 5.02 Å². The fourth-order valence-corrected chi connectivity index (χ4v) is 1.79. The Morgan fingerprint density at radius 1 is 1.31 bits per heavy atom. The second kappa shape index (κ2) is 4.30. The van der Waals surface area contributed by atoms with E-state index in [0.717, 1.165) is 6.07 Å². The second-order valence-corrected chi connectivity index (χ2v) is 5.32. The van der Waals surface area contributed by atoms with Gasteiger partial charge in [0.25, 0.3) is 0 Å². The third-order valence-corrected chi connectivity index (χ3v) is 3.06. The Morgan fingerprint density at radius 3 is 2.25 bits per heavy atom. The summed E-state index contributed by atoms with van der Waals surface area (Å²) in [6.07, 6.45) is 0. The monoisotopic (exact) mass is 247 g/mol. The molecule has 1 unspecified atom stereocenters. The van der Waals surface area contributed by atoms with Crippen LogP contribution in [0.1, 0.15) is 26.3 Å². The lowest BCUT2D eigenvalue weighted by atomic mass is 9.73. The zero-order valence-corrected chi connectivity index (χ0v) is 10.4. The van der Waals surface area contributed by atoms with E-state index in [1.807, 2.05) is 0 Å². The van der Waals surface area contributed by atoms with Crippen molar-refractivity contribution in [1.82, 2.24) is 0 Å². The number of rotatable bonds is 2. The highest BCUT2D eigenvalue weighted by Gasteiger charge is 2.44. The molecule has 1 rings (SSSR count). The first-order valence-corrected chi connectivity index (χ1v) is 5.44. The average molecular weight is 248 g/mol. The second-order valence-electron chi connectivity index (χ2n) is 4.88.